The number of aliphatic imine (C=N–C) groups is 1. The standard InChI is InChI=1S/C18H23N3O/c19-17-20-16(15-4-2-1-3-5-15)21(22-17)18-9-12-6-13(10-18)8-14(7-12)11-18/h1-5,12-14,16H,6-11H2,(H2,19,20). The Hall–Kier alpha value is -1.55. The molecule has 0 spiro atoms. The number of hydroxylamine groups is 2. The van der Waals surface area contributed by atoms with Gasteiger partial charge in [0, 0.05) is 0 Å². The molecular formula is C18H23N3O. The average Bonchev–Trinajstić information content (AvgIpc) is 2.90. The first-order chi connectivity index (χ1) is 10.7. The van der Waals surface area contributed by atoms with Gasteiger partial charge in [-0.3, -0.25) is 0 Å². The van der Waals surface area contributed by atoms with Crippen LogP contribution in [-0.4, -0.2) is 16.6 Å². The minimum atomic E-state index is -0.0718. The molecule has 4 nitrogen and oxygen atoms in total. The van der Waals surface area contributed by atoms with Crippen molar-refractivity contribution in [2.45, 2.75) is 50.2 Å². The highest BCUT2D eigenvalue weighted by Gasteiger charge is 2.57. The summed E-state index contributed by atoms with van der Waals surface area (Å²) < 4.78 is 0. The molecule has 0 saturated heterocycles. The van der Waals surface area contributed by atoms with E-state index in [0.29, 0.717) is 6.02 Å². The molecule has 4 heteroatoms. The van der Waals surface area contributed by atoms with E-state index in [1.807, 2.05) is 6.07 Å². The van der Waals surface area contributed by atoms with Crippen LogP contribution in [0.2, 0.25) is 0 Å². The fraction of sp³-hybridized carbons (Fsp3) is 0.611. The smallest absolute Gasteiger partial charge is 0.304 e. The molecule has 1 heterocycles. The van der Waals surface area contributed by atoms with Crippen molar-refractivity contribution in [2.75, 3.05) is 0 Å². The summed E-state index contributed by atoms with van der Waals surface area (Å²) in [5.41, 5.74) is 7.29. The van der Waals surface area contributed by atoms with E-state index >= 15 is 0 Å². The number of nitrogens with zero attached hydrogens (tertiary/aromatic N) is 2. The molecule has 0 aromatic heterocycles. The van der Waals surface area contributed by atoms with Crippen molar-refractivity contribution >= 4 is 6.02 Å². The SMILES string of the molecule is NC1=NC(c2ccccc2)N(C23CC4CC(CC(C4)C2)C3)O1. The van der Waals surface area contributed by atoms with Crippen LogP contribution in [0.1, 0.15) is 50.3 Å². The van der Waals surface area contributed by atoms with Crippen molar-refractivity contribution in [3.05, 3.63) is 35.9 Å². The van der Waals surface area contributed by atoms with Crippen LogP contribution >= 0.6 is 0 Å². The Morgan fingerprint density at radius 3 is 2.18 bits per heavy atom. The highest BCUT2D eigenvalue weighted by Crippen LogP contribution is 2.59. The van der Waals surface area contributed by atoms with Gasteiger partial charge in [-0.1, -0.05) is 30.3 Å². The number of benzene rings is 1. The molecule has 116 valence electrons. The fourth-order valence-electron chi connectivity index (χ4n) is 5.87. The zero-order chi connectivity index (χ0) is 14.7. The van der Waals surface area contributed by atoms with Gasteiger partial charge in [-0.05, 0) is 61.8 Å². The number of hydrogen-bond donors (Lipinski definition) is 1. The van der Waals surface area contributed by atoms with E-state index in [4.69, 9.17) is 10.6 Å². The second-order valence-corrected chi connectivity index (χ2v) is 7.81. The largest absolute Gasteiger partial charge is 0.365 e. The summed E-state index contributed by atoms with van der Waals surface area (Å²) in [4.78, 5) is 10.6. The van der Waals surface area contributed by atoms with E-state index < -0.39 is 0 Å². The van der Waals surface area contributed by atoms with E-state index in [-0.39, 0.29) is 11.7 Å². The first-order valence-corrected chi connectivity index (χ1v) is 8.57. The minimum absolute atomic E-state index is 0.0718. The normalized spacial score (nSPS) is 43.2. The Kier molecular flexibility index (Phi) is 2.63. The summed E-state index contributed by atoms with van der Waals surface area (Å²) in [6.07, 6.45) is 7.98. The summed E-state index contributed by atoms with van der Waals surface area (Å²) in [5, 5.41) is 2.17. The predicted molar refractivity (Wildman–Crippen MR) is 84.6 cm³/mol. The molecule has 0 amide bonds. The molecule has 4 bridgehead atoms. The summed E-state index contributed by atoms with van der Waals surface area (Å²) in [7, 11) is 0. The number of rotatable bonds is 2. The monoisotopic (exact) mass is 297 g/mol. The zero-order valence-electron chi connectivity index (χ0n) is 12.8. The highest BCUT2D eigenvalue weighted by molar-refractivity contribution is 5.72. The quantitative estimate of drug-likeness (QED) is 0.912. The number of nitrogens with two attached hydrogens (primary N) is 1. The molecule has 2 N–H and O–H groups in total. The lowest BCUT2D eigenvalue weighted by molar-refractivity contribution is -0.225. The van der Waals surface area contributed by atoms with Gasteiger partial charge in [0.15, 0.2) is 6.17 Å². The predicted octanol–water partition coefficient (Wildman–Crippen LogP) is 3.22. The van der Waals surface area contributed by atoms with Gasteiger partial charge >= 0.3 is 6.02 Å². The van der Waals surface area contributed by atoms with Crippen LogP contribution in [0.15, 0.2) is 35.3 Å². The van der Waals surface area contributed by atoms with Gasteiger partial charge in [0.25, 0.3) is 0 Å². The van der Waals surface area contributed by atoms with Gasteiger partial charge in [0.2, 0.25) is 0 Å². The van der Waals surface area contributed by atoms with E-state index in [1.54, 1.807) is 0 Å². The lowest BCUT2D eigenvalue weighted by Crippen LogP contribution is -2.59. The van der Waals surface area contributed by atoms with Gasteiger partial charge in [-0.25, -0.2) is 4.99 Å². The summed E-state index contributed by atoms with van der Waals surface area (Å²) >= 11 is 0. The second kappa shape index (κ2) is 4.48. The van der Waals surface area contributed by atoms with Crippen LogP contribution in [0.25, 0.3) is 0 Å². The summed E-state index contributed by atoms with van der Waals surface area (Å²) in [6, 6.07) is 10.8. The van der Waals surface area contributed by atoms with Crippen LogP contribution in [0, 0.1) is 17.8 Å². The molecule has 1 aromatic rings. The molecule has 22 heavy (non-hydrogen) atoms. The van der Waals surface area contributed by atoms with Crippen LogP contribution in [0.5, 0.6) is 0 Å². The lowest BCUT2D eigenvalue weighted by Gasteiger charge is -2.59. The van der Waals surface area contributed by atoms with Crippen LogP contribution in [-0.2, 0) is 4.84 Å². The molecule has 1 aliphatic heterocycles. The Bertz CT molecular complexity index is 577. The lowest BCUT2D eigenvalue weighted by atomic mass is 9.53. The van der Waals surface area contributed by atoms with E-state index in [2.05, 4.69) is 34.3 Å². The molecule has 1 unspecified atom stereocenters. The van der Waals surface area contributed by atoms with Gasteiger partial charge in [0.1, 0.15) is 0 Å². The molecule has 6 rings (SSSR count). The number of amidine groups is 1. The third-order valence-electron chi connectivity index (χ3n) is 6.23. The summed E-state index contributed by atoms with van der Waals surface area (Å²) in [5.74, 6) is 2.65. The molecule has 5 aliphatic rings. The third-order valence-corrected chi connectivity index (χ3v) is 6.23. The molecule has 1 atom stereocenters. The first-order valence-electron chi connectivity index (χ1n) is 8.57. The first kappa shape index (κ1) is 12.9. The van der Waals surface area contributed by atoms with Gasteiger partial charge in [0.05, 0.1) is 5.54 Å². The molecule has 4 aliphatic carbocycles. The van der Waals surface area contributed by atoms with E-state index in [1.165, 1.54) is 44.1 Å². The van der Waals surface area contributed by atoms with Crippen molar-refractivity contribution in [2.24, 2.45) is 28.5 Å². The van der Waals surface area contributed by atoms with Crippen molar-refractivity contribution in [3.63, 3.8) is 0 Å². The molecule has 4 saturated carbocycles. The van der Waals surface area contributed by atoms with Crippen molar-refractivity contribution < 1.29 is 4.84 Å². The minimum Gasteiger partial charge on any atom is -0.365 e. The Morgan fingerprint density at radius 2 is 1.59 bits per heavy atom. The Morgan fingerprint density at radius 1 is 1.00 bits per heavy atom. The van der Waals surface area contributed by atoms with Gasteiger partial charge < -0.3 is 10.6 Å². The van der Waals surface area contributed by atoms with E-state index in [9.17, 15) is 0 Å². The Labute approximate surface area is 131 Å². The number of hydrogen-bond acceptors (Lipinski definition) is 4. The summed E-state index contributed by atoms with van der Waals surface area (Å²) in [6.45, 7) is 0. The Balaban J connectivity index is 1.52. The van der Waals surface area contributed by atoms with Gasteiger partial charge in [-0.15, -0.1) is 5.06 Å². The van der Waals surface area contributed by atoms with Crippen LogP contribution in [0.4, 0.5) is 0 Å². The van der Waals surface area contributed by atoms with Gasteiger partial charge in [-0.2, -0.15) is 0 Å². The zero-order valence-corrected chi connectivity index (χ0v) is 12.8. The topological polar surface area (TPSA) is 50.8 Å². The fourth-order valence-corrected chi connectivity index (χ4v) is 5.87. The van der Waals surface area contributed by atoms with Crippen LogP contribution in [0.3, 0.4) is 0 Å². The average molecular weight is 297 g/mol. The molecular weight excluding hydrogens is 274 g/mol. The molecule has 0 radical (unpaired) electrons. The third kappa shape index (κ3) is 1.83. The maximum atomic E-state index is 5.97. The second-order valence-electron chi connectivity index (χ2n) is 7.81. The highest BCUT2D eigenvalue weighted by atomic mass is 16.7. The maximum Gasteiger partial charge on any atom is 0.304 e. The maximum absolute atomic E-state index is 5.97. The van der Waals surface area contributed by atoms with Crippen molar-refractivity contribution in [1.29, 1.82) is 0 Å². The molecule has 1 aromatic carbocycles. The van der Waals surface area contributed by atoms with Crippen molar-refractivity contribution in [3.8, 4) is 0 Å². The van der Waals surface area contributed by atoms with E-state index in [0.717, 1.165) is 17.8 Å². The van der Waals surface area contributed by atoms with Crippen LogP contribution < -0.4 is 5.73 Å². The molecule has 4 fully saturated rings. The van der Waals surface area contributed by atoms with Crippen molar-refractivity contribution in [1.82, 2.24) is 5.06 Å².